The molecule has 1 fully saturated rings. The maximum atomic E-state index is 13.3. The van der Waals surface area contributed by atoms with Crippen molar-refractivity contribution < 1.29 is 22.4 Å². The summed E-state index contributed by atoms with van der Waals surface area (Å²) in [7, 11) is -3.80. The van der Waals surface area contributed by atoms with Gasteiger partial charge in [0, 0.05) is 6.54 Å². The zero-order valence-corrected chi connectivity index (χ0v) is 17.7. The van der Waals surface area contributed by atoms with Crippen molar-refractivity contribution in [3.05, 3.63) is 46.2 Å². The maximum Gasteiger partial charge on any atom is 0.324 e. The van der Waals surface area contributed by atoms with E-state index in [0.717, 1.165) is 11.3 Å². The summed E-state index contributed by atoms with van der Waals surface area (Å²) >= 11 is 0. The van der Waals surface area contributed by atoms with E-state index in [-0.39, 0.29) is 11.5 Å². The summed E-state index contributed by atoms with van der Waals surface area (Å²) in [6, 6.07) is 2.86. The van der Waals surface area contributed by atoms with Crippen LogP contribution < -0.4 is 0 Å². The summed E-state index contributed by atoms with van der Waals surface area (Å²) in [6.07, 6.45) is 1.05. The Hall–Kier alpha value is -2.19. The number of carbonyl (C=O) groups is 1. The van der Waals surface area contributed by atoms with Crippen molar-refractivity contribution in [1.29, 1.82) is 0 Å². The lowest BCUT2D eigenvalue weighted by Crippen LogP contribution is -2.41. The Morgan fingerprint density at radius 3 is 2.43 bits per heavy atom. The van der Waals surface area contributed by atoms with E-state index < -0.39 is 22.0 Å². The third kappa shape index (κ3) is 3.84. The SMILES string of the molecule is Cc1cc(C)c(S(=O)(=O)N2CCC[C@@H]2C(=O)OCc2nc(C)c(C)o2)c(C)c1. The average molecular weight is 407 g/mol. The van der Waals surface area contributed by atoms with Crippen LogP contribution in [0.25, 0.3) is 0 Å². The molecule has 1 aromatic heterocycles. The summed E-state index contributed by atoms with van der Waals surface area (Å²) in [6.45, 7) is 9.27. The first-order valence-electron chi connectivity index (χ1n) is 9.30. The number of carbonyl (C=O) groups excluding carboxylic acids is 1. The Bertz CT molecular complexity index is 967. The van der Waals surface area contributed by atoms with Crippen molar-refractivity contribution in [2.24, 2.45) is 0 Å². The number of ether oxygens (including phenoxy) is 1. The van der Waals surface area contributed by atoms with E-state index in [1.165, 1.54) is 4.31 Å². The molecule has 0 unspecified atom stereocenters. The Morgan fingerprint density at radius 2 is 1.86 bits per heavy atom. The highest BCUT2D eigenvalue weighted by atomic mass is 32.2. The van der Waals surface area contributed by atoms with Crippen LogP contribution >= 0.6 is 0 Å². The molecule has 0 saturated carbocycles. The molecule has 0 N–H and O–H groups in total. The fraction of sp³-hybridized carbons (Fsp3) is 0.500. The quantitative estimate of drug-likeness (QED) is 0.709. The summed E-state index contributed by atoms with van der Waals surface area (Å²) in [4.78, 5) is 17.1. The highest BCUT2D eigenvalue weighted by molar-refractivity contribution is 7.89. The van der Waals surface area contributed by atoms with Crippen molar-refractivity contribution in [3.8, 4) is 0 Å². The van der Waals surface area contributed by atoms with E-state index >= 15 is 0 Å². The van der Waals surface area contributed by atoms with Gasteiger partial charge in [-0.1, -0.05) is 17.7 Å². The Labute approximate surface area is 165 Å². The van der Waals surface area contributed by atoms with E-state index in [0.29, 0.717) is 42.2 Å². The summed E-state index contributed by atoms with van der Waals surface area (Å²) < 4.78 is 38.6. The number of sulfonamides is 1. The number of benzene rings is 1. The topological polar surface area (TPSA) is 89.7 Å². The van der Waals surface area contributed by atoms with Crippen LogP contribution in [-0.4, -0.2) is 36.3 Å². The third-order valence-corrected chi connectivity index (χ3v) is 7.27. The fourth-order valence-corrected chi connectivity index (χ4v) is 5.85. The highest BCUT2D eigenvalue weighted by Gasteiger charge is 2.41. The molecule has 0 bridgehead atoms. The van der Waals surface area contributed by atoms with Crippen LogP contribution in [0, 0.1) is 34.6 Å². The molecule has 1 aromatic carbocycles. The van der Waals surface area contributed by atoms with Crippen LogP contribution in [0.4, 0.5) is 0 Å². The molecular weight excluding hydrogens is 380 g/mol. The molecule has 1 aliphatic heterocycles. The molecule has 1 atom stereocenters. The number of hydrogen-bond acceptors (Lipinski definition) is 6. The molecular formula is C20H26N2O5S. The molecule has 3 rings (SSSR count). The van der Waals surface area contributed by atoms with E-state index in [9.17, 15) is 13.2 Å². The number of aryl methyl sites for hydroxylation is 5. The van der Waals surface area contributed by atoms with Gasteiger partial charge in [-0.15, -0.1) is 0 Å². The number of hydrogen-bond donors (Lipinski definition) is 0. The molecule has 28 heavy (non-hydrogen) atoms. The second kappa shape index (κ2) is 7.67. The van der Waals surface area contributed by atoms with E-state index in [1.807, 2.05) is 26.0 Å². The largest absolute Gasteiger partial charge is 0.454 e. The molecule has 152 valence electrons. The lowest BCUT2D eigenvalue weighted by atomic mass is 10.1. The smallest absolute Gasteiger partial charge is 0.324 e. The van der Waals surface area contributed by atoms with E-state index in [2.05, 4.69) is 4.98 Å². The monoisotopic (exact) mass is 406 g/mol. The van der Waals surface area contributed by atoms with Crippen molar-refractivity contribution >= 4 is 16.0 Å². The number of rotatable bonds is 5. The van der Waals surface area contributed by atoms with Gasteiger partial charge in [0.1, 0.15) is 11.8 Å². The van der Waals surface area contributed by atoms with Gasteiger partial charge in [0.05, 0.1) is 10.6 Å². The zero-order chi connectivity index (χ0) is 20.6. The Kier molecular flexibility index (Phi) is 5.63. The normalized spacial score (nSPS) is 17.8. The molecule has 0 amide bonds. The van der Waals surface area contributed by atoms with Gasteiger partial charge in [0.15, 0.2) is 6.61 Å². The second-order valence-corrected chi connectivity index (χ2v) is 9.19. The van der Waals surface area contributed by atoms with E-state index in [4.69, 9.17) is 9.15 Å². The molecule has 7 nitrogen and oxygen atoms in total. The predicted molar refractivity (Wildman–Crippen MR) is 103 cm³/mol. The fourth-order valence-electron chi connectivity index (χ4n) is 3.78. The van der Waals surface area contributed by atoms with Crippen LogP contribution in [0.3, 0.4) is 0 Å². The minimum absolute atomic E-state index is 0.111. The van der Waals surface area contributed by atoms with Gasteiger partial charge in [0.2, 0.25) is 15.9 Å². The molecule has 2 aromatic rings. The van der Waals surface area contributed by atoms with Gasteiger partial charge < -0.3 is 9.15 Å². The molecule has 1 aliphatic rings. The van der Waals surface area contributed by atoms with Gasteiger partial charge in [0.25, 0.3) is 0 Å². The van der Waals surface area contributed by atoms with Crippen LogP contribution in [-0.2, 0) is 26.2 Å². The van der Waals surface area contributed by atoms with Gasteiger partial charge in [-0.3, -0.25) is 4.79 Å². The molecule has 8 heteroatoms. The predicted octanol–water partition coefficient (Wildman–Crippen LogP) is 3.11. The molecule has 0 spiro atoms. The van der Waals surface area contributed by atoms with Crippen molar-refractivity contribution in [2.45, 2.75) is 65.0 Å². The van der Waals surface area contributed by atoms with Crippen molar-refractivity contribution in [2.75, 3.05) is 6.54 Å². The van der Waals surface area contributed by atoms with Gasteiger partial charge in [-0.25, -0.2) is 13.4 Å². The minimum Gasteiger partial charge on any atom is -0.454 e. The Balaban J connectivity index is 1.81. The first kappa shape index (κ1) is 20.5. The van der Waals surface area contributed by atoms with Crippen LogP contribution in [0.5, 0.6) is 0 Å². The van der Waals surface area contributed by atoms with Crippen LogP contribution in [0.2, 0.25) is 0 Å². The van der Waals surface area contributed by atoms with Crippen molar-refractivity contribution in [3.63, 3.8) is 0 Å². The number of nitrogens with zero attached hydrogens (tertiary/aromatic N) is 2. The molecule has 0 aliphatic carbocycles. The highest BCUT2D eigenvalue weighted by Crippen LogP contribution is 2.31. The molecule has 2 heterocycles. The van der Waals surface area contributed by atoms with E-state index in [1.54, 1.807) is 20.8 Å². The Morgan fingerprint density at radius 1 is 1.21 bits per heavy atom. The van der Waals surface area contributed by atoms with Gasteiger partial charge in [-0.05, 0) is 58.6 Å². The van der Waals surface area contributed by atoms with Crippen molar-refractivity contribution in [1.82, 2.24) is 9.29 Å². The maximum absolute atomic E-state index is 13.3. The average Bonchev–Trinajstić information content (AvgIpc) is 3.19. The second-order valence-electron chi connectivity index (χ2n) is 7.36. The number of aromatic nitrogens is 1. The van der Waals surface area contributed by atoms with Gasteiger partial charge in [-0.2, -0.15) is 4.31 Å². The summed E-state index contributed by atoms with van der Waals surface area (Å²) in [5.74, 6) is 0.402. The molecule has 1 saturated heterocycles. The summed E-state index contributed by atoms with van der Waals surface area (Å²) in [5.41, 5.74) is 3.11. The minimum atomic E-state index is -3.80. The summed E-state index contributed by atoms with van der Waals surface area (Å²) in [5, 5.41) is 0. The first-order chi connectivity index (χ1) is 13.1. The standard InChI is InChI=1S/C20H26N2O5S/c1-12-9-13(2)19(14(3)10-12)28(24,25)22-8-6-7-17(22)20(23)26-11-18-21-15(4)16(5)27-18/h9-10,17H,6-8,11H2,1-5H3/t17-/m1/s1. The number of oxazole rings is 1. The molecule has 0 radical (unpaired) electrons. The van der Waals surface area contributed by atoms with Crippen LogP contribution in [0.1, 0.15) is 46.9 Å². The number of esters is 1. The first-order valence-corrected chi connectivity index (χ1v) is 10.7. The third-order valence-electron chi connectivity index (χ3n) is 5.06. The van der Waals surface area contributed by atoms with Crippen LogP contribution in [0.15, 0.2) is 21.4 Å². The lowest BCUT2D eigenvalue weighted by molar-refractivity contribution is -0.149. The zero-order valence-electron chi connectivity index (χ0n) is 16.9. The van der Waals surface area contributed by atoms with Gasteiger partial charge >= 0.3 is 5.97 Å². The lowest BCUT2D eigenvalue weighted by Gasteiger charge is -2.24.